The zero-order chi connectivity index (χ0) is 23.6. The third kappa shape index (κ3) is 8.34. The molecule has 0 aromatic heterocycles. The number of hydrogen-bond acceptors (Lipinski definition) is 4. The summed E-state index contributed by atoms with van der Waals surface area (Å²) >= 11 is 0. The van der Waals surface area contributed by atoms with Gasteiger partial charge in [0.15, 0.2) is 5.78 Å². The van der Waals surface area contributed by atoms with Gasteiger partial charge in [0, 0.05) is 25.5 Å². The van der Waals surface area contributed by atoms with E-state index in [1.165, 1.54) is 18.2 Å². The molecule has 0 spiro atoms. The van der Waals surface area contributed by atoms with Gasteiger partial charge in [0.25, 0.3) is 0 Å². The van der Waals surface area contributed by atoms with Crippen molar-refractivity contribution in [2.45, 2.75) is 50.8 Å². The van der Waals surface area contributed by atoms with Crippen LogP contribution in [0.4, 0.5) is 13.2 Å². The number of rotatable bonds is 11. The molecule has 0 bridgehead atoms. The summed E-state index contributed by atoms with van der Waals surface area (Å²) in [5.41, 5.74) is 0.707. The van der Waals surface area contributed by atoms with E-state index in [0.717, 1.165) is 30.5 Å². The molecule has 1 amide bonds. The van der Waals surface area contributed by atoms with Gasteiger partial charge in [-0.05, 0) is 49.5 Å². The number of unbranched alkanes of at least 4 members (excludes halogenated alkanes) is 1. The first-order valence-electron chi connectivity index (χ1n) is 10.5. The molecule has 1 aliphatic carbocycles. The molecule has 1 aliphatic rings. The molecule has 5 nitrogen and oxygen atoms in total. The molecule has 0 saturated heterocycles. The highest BCUT2D eigenvalue weighted by atomic mass is 19.4. The van der Waals surface area contributed by atoms with Gasteiger partial charge in [-0.1, -0.05) is 30.4 Å². The average molecular weight is 451 g/mol. The summed E-state index contributed by atoms with van der Waals surface area (Å²) in [6.45, 7) is -0.209. The molecule has 2 rings (SSSR count). The van der Waals surface area contributed by atoms with Gasteiger partial charge >= 0.3 is 6.18 Å². The average Bonchev–Trinajstić information content (AvgIpc) is 3.11. The zero-order valence-corrected chi connectivity index (χ0v) is 18.0. The number of amides is 1. The highest BCUT2D eigenvalue weighted by molar-refractivity contribution is 5.99. The maximum atomic E-state index is 12.8. The second kappa shape index (κ2) is 12.2. The van der Waals surface area contributed by atoms with Crippen LogP contribution in [0.15, 0.2) is 59.7 Å². The third-order valence-corrected chi connectivity index (χ3v) is 4.99. The summed E-state index contributed by atoms with van der Waals surface area (Å²) in [7, 11) is 1.60. The molecule has 0 fully saturated rings. The number of alkyl halides is 3. The molecule has 0 aliphatic heterocycles. The second-order valence-electron chi connectivity index (χ2n) is 7.43. The molecule has 8 heteroatoms. The maximum absolute atomic E-state index is 12.8. The van der Waals surface area contributed by atoms with Gasteiger partial charge in [-0.2, -0.15) is 13.2 Å². The Kier molecular flexibility index (Phi) is 9.71. The van der Waals surface area contributed by atoms with Crippen LogP contribution in [0.5, 0.6) is 5.75 Å². The lowest BCUT2D eigenvalue weighted by Gasteiger charge is -2.12. The Morgan fingerprint density at radius 1 is 1.28 bits per heavy atom. The number of aliphatic hydroxyl groups excluding tert-OH is 1. The van der Waals surface area contributed by atoms with Crippen molar-refractivity contribution in [1.29, 1.82) is 0 Å². The van der Waals surface area contributed by atoms with E-state index >= 15 is 0 Å². The van der Waals surface area contributed by atoms with Crippen LogP contribution in [0.3, 0.4) is 0 Å². The van der Waals surface area contributed by atoms with Crippen LogP contribution in [0.25, 0.3) is 0 Å². The Labute approximate surface area is 185 Å². The Morgan fingerprint density at radius 2 is 2.06 bits per heavy atom. The van der Waals surface area contributed by atoms with Crippen LogP contribution in [0, 0.1) is 0 Å². The number of aliphatic hydroxyl groups is 1. The minimum atomic E-state index is -4.46. The highest BCUT2D eigenvalue weighted by Gasteiger charge is 2.30. The molecule has 1 aromatic rings. The molecule has 1 aromatic carbocycles. The van der Waals surface area contributed by atoms with Gasteiger partial charge < -0.3 is 15.2 Å². The van der Waals surface area contributed by atoms with Crippen molar-refractivity contribution < 1.29 is 32.6 Å². The van der Waals surface area contributed by atoms with Crippen LogP contribution in [0.2, 0.25) is 0 Å². The van der Waals surface area contributed by atoms with Crippen LogP contribution in [-0.4, -0.2) is 36.6 Å². The SMILES string of the molecule is CNC(=O)CCC/C=C\CC1=C(C=CC(O)COc2cccc(C(F)(F)F)c2)CCC1=O. The van der Waals surface area contributed by atoms with Crippen molar-refractivity contribution in [3.8, 4) is 5.75 Å². The number of ketones is 1. The van der Waals surface area contributed by atoms with Crippen molar-refractivity contribution >= 4 is 11.7 Å². The second-order valence-corrected chi connectivity index (χ2v) is 7.43. The fourth-order valence-corrected chi connectivity index (χ4v) is 3.21. The number of Topliss-reactive ketones (excluding diaryl/α,β-unsaturated/α-hetero) is 1. The van der Waals surface area contributed by atoms with Crippen molar-refractivity contribution in [3.63, 3.8) is 0 Å². The van der Waals surface area contributed by atoms with Gasteiger partial charge in [0.1, 0.15) is 18.5 Å². The van der Waals surface area contributed by atoms with E-state index in [9.17, 15) is 27.9 Å². The van der Waals surface area contributed by atoms with Crippen LogP contribution >= 0.6 is 0 Å². The summed E-state index contributed by atoms with van der Waals surface area (Å²) in [5, 5.41) is 12.7. The number of benzene rings is 1. The van der Waals surface area contributed by atoms with Crippen LogP contribution < -0.4 is 10.1 Å². The van der Waals surface area contributed by atoms with Crippen LogP contribution in [-0.2, 0) is 15.8 Å². The Morgan fingerprint density at radius 3 is 2.78 bits per heavy atom. The van der Waals surface area contributed by atoms with E-state index in [4.69, 9.17) is 4.74 Å². The lowest BCUT2D eigenvalue weighted by atomic mass is 10.1. The number of carbonyl (C=O) groups excluding carboxylic acids is 2. The van der Waals surface area contributed by atoms with Gasteiger partial charge in [-0.25, -0.2) is 0 Å². The summed E-state index contributed by atoms with van der Waals surface area (Å²) in [6, 6.07) is 4.47. The molecule has 2 N–H and O–H groups in total. The number of nitrogens with one attached hydrogen (secondary N) is 1. The van der Waals surface area contributed by atoms with Gasteiger partial charge in [0.05, 0.1) is 5.56 Å². The predicted octanol–water partition coefficient (Wildman–Crippen LogP) is 4.52. The fourth-order valence-electron chi connectivity index (χ4n) is 3.21. The first kappa shape index (κ1) is 25.4. The van der Waals surface area contributed by atoms with E-state index in [2.05, 4.69) is 5.32 Å². The molecule has 1 unspecified atom stereocenters. The van der Waals surface area contributed by atoms with Crippen LogP contribution in [0.1, 0.15) is 44.1 Å². The van der Waals surface area contributed by atoms with Gasteiger partial charge in [0.2, 0.25) is 5.91 Å². The van der Waals surface area contributed by atoms with E-state index < -0.39 is 17.8 Å². The molecule has 0 radical (unpaired) electrons. The van der Waals surface area contributed by atoms with E-state index in [0.29, 0.717) is 31.3 Å². The Hall–Kier alpha value is -2.87. The van der Waals surface area contributed by atoms with Gasteiger partial charge in [-0.3, -0.25) is 9.59 Å². The Balaban J connectivity index is 1.87. The minimum absolute atomic E-state index is 0.00454. The maximum Gasteiger partial charge on any atom is 0.416 e. The van der Waals surface area contributed by atoms with E-state index in [1.54, 1.807) is 13.1 Å². The lowest BCUT2D eigenvalue weighted by Crippen LogP contribution is -2.16. The van der Waals surface area contributed by atoms with E-state index in [1.807, 2.05) is 12.2 Å². The number of halogens is 3. The molecule has 32 heavy (non-hydrogen) atoms. The van der Waals surface area contributed by atoms with Gasteiger partial charge in [-0.15, -0.1) is 0 Å². The number of hydrogen-bond donors (Lipinski definition) is 2. The van der Waals surface area contributed by atoms with Crippen molar-refractivity contribution in [3.05, 3.63) is 65.3 Å². The van der Waals surface area contributed by atoms with E-state index in [-0.39, 0.29) is 24.0 Å². The standard InChI is InChI=1S/C24H28F3NO4/c1-28-23(31)10-5-3-2-4-9-21-17(12-14-22(21)30)11-13-19(29)16-32-20-8-6-7-18(15-20)24(25,26)27/h2,4,6-8,11,13,15,19,29H,3,5,9-10,12,14,16H2,1H3,(H,28,31)/b4-2-,13-11?. The highest BCUT2D eigenvalue weighted by Crippen LogP contribution is 2.31. The van der Waals surface area contributed by atoms with Crippen molar-refractivity contribution in [2.24, 2.45) is 0 Å². The summed E-state index contributed by atoms with van der Waals surface area (Å²) < 4.78 is 43.5. The first-order valence-corrected chi connectivity index (χ1v) is 10.5. The normalized spacial score (nSPS) is 15.7. The smallest absolute Gasteiger partial charge is 0.416 e. The quantitative estimate of drug-likeness (QED) is 0.383. The lowest BCUT2D eigenvalue weighted by molar-refractivity contribution is -0.137. The van der Waals surface area contributed by atoms with Crippen molar-refractivity contribution in [2.75, 3.05) is 13.7 Å². The minimum Gasteiger partial charge on any atom is -0.491 e. The topological polar surface area (TPSA) is 75.6 Å². The summed E-state index contributed by atoms with van der Waals surface area (Å²) in [6.07, 6.45) is 4.92. The molecular formula is C24H28F3NO4. The zero-order valence-electron chi connectivity index (χ0n) is 18.0. The number of allylic oxidation sites excluding steroid dienone is 5. The molecule has 1 atom stereocenters. The molecule has 0 saturated carbocycles. The first-order chi connectivity index (χ1) is 15.2. The largest absolute Gasteiger partial charge is 0.491 e. The molecular weight excluding hydrogens is 423 g/mol. The van der Waals surface area contributed by atoms with Crippen molar-refractivity contribution in [1.82, 2.24) is 5.32 Å². The molecule has 0 heterocycles. The summed E-state index contributed by atoms with van der Waals surface area (Å²) in [4.78, 5) is 23.3. The predicted molar refractivity (Wildman–Crippen MR) is 115 cm³/mol. The molecule has 174 valence electrons. The third-order valence-electron chi connectivity index (χ3n) is 4.99. The summed E-state index contributed by atoms with van der Waals surface area (Å²) in [5.74, 6) is 0.0780. The Bertz CT molecular complexity index is 887. The fraction of sp³-hybridized carbons (Fsp3) is 0.417. The number of ether oxygens (including phenoxy) is 1. The number of carbonyl (C=O) groups is 2. The monoisotopic (exact) mass is 451 g/mol.